The number of aromatic hydroxyl groups is 1. The molecule has 0 aliphatic rings. The second-order valence-corrected chi connectivity index (χ2v) is 4.73. The average Bonchev–Trinajstić information content (AvgIpc) is 2.53. The van der Waals surface area contributed by atoms with Crippen molar-refractivity contribution in [2.24, 2.45) is 0 Å². The summed E-state index contributed by atoms with van der Waals surface area (Å²) in [6, 6.07) is 12.7. The van der Waals surface area contributed by atoms with E-state index in [0.717, 1.165) is 11.1 Å². The summed E-state index contributed by atoms with van der Waals surface area (Å²) < 4.78 is 10.2. The third kappa shape index (κ3) is 3.74. The van der Waals surface area contributed by atoms with Crippen molar-refractivity contribution in [1.82, 2.24) is 0 Å². The van der Waals surface area contributed by atoms with Crippen LogP contribution in [0.1, 0.15) is 21.5 Å². The highest BCUT2D eigenvalue weighted by molar-refractivity contribution is 6.10. The van der Waals surface area contributed by atoms with E-state index in [1.54, 1.807) is 19.3 Å². The molecule has 0 radical (unpaired) electrons. The Morgan fingerprint density at radius 3 is 2.55 bits per heavy atom. The number of hydrogen-bond acceptors (Lipinski definition) is 4. The van der Waals surface area contributed by atoms with Crippen LogP contribution in [-0.2, 0) is 11.3 Å². The minimum atomic E-state index is -0.317. The molecule has 0 heterocycles. The number of allylic oxidation sites excluding steroid dienone is 1. The van der Waals surface area contributed by atoms with Gasteiger partial charge in [-0.3, -0.25) is 4.79 Å². The van der Waals surface area contributed by atoms with Crippen LogP contribution in [0.15, 0.2) is 48.5 Å². The van der Waals surface area contributed by atoms with Gasteiger partial charge in [-0.25, -0.2) is 0 Å². The molecule has 2 aromatic rings. The first-order chi connectivity index (χ1) is 10.7. The lowest BCUT2D eigenvalue weighted by Gasteiger charge is -2.10. The second kappa shape index (κ2) is 7.43. The lowest BCUT2D eigenvalue weighted by molar-refractivity contribution is 0.104. The molecular formula is C18H18O4. The van der Waals surface area contributed by atoms with Gasteiger partial charge in [-0.15, -0.1) is 0 Å². The monoisotopic (exact) mass is 298 g/mol. The van der Waals surface area contributed by atoms with Gasteiger partial charge in [-0.2, -0.15) is 0 Å². The molecule has 0 fully saturated rings. The molecule has 0 aliphatic heterocycles. The van der Waals surface area contributed by atoms with Gasteiger partial charge in [-0.05, 0) is 29.3 Å². The summed E-state index contributed by atoms with van der Waals surface area (Å²) in [7, 11) is 3.02. The van der Waals surface area contributed by atoms with Crippen molar-refractivity contribution >= 4 is 11.9 Å². The number of benzene rings is 2. The van der Waals surface area contributed by atoms with Crippen LogP contribution >= 0.6 is 0 Å². The molecule has 1 N–H and O–H groups in total. The summed E-state index contributed by atoms with van der Waals surface area (Å²) in [4.78, 5) is 12.3. The minimum absolute atomic E-state index is 0.117. The van der Waals surface area contributed by atoms with Crippen molar-refractivity contribution in [2.45, 2.75) is 6.61 Å². The van der Waals surface area contributed by atoms with Gasteiger partial charge < -0.3 is 14.6 Å². The zero-order valence-electron chi connectivity index (χ0n) is 12.6. The van der Waals surface area contributed by atoms with E-state index in [2.05, 4.69) is 0 Å². The average molecular weight is 298 g/mol. The molecule has 2 aromatic carbocycles. The number of methoxy groups -OCH3 is 2. The third-order valence-electron chi connectivity index (χ3n) is 3.15. The van der Waals surface area contributed by atoms with Crippen LogP contribution in [0.5, 0.6) is 11.5 Å². The Hall–Kier alpha value is -2.59. The van der Waals surface area contributed by atoms with E-state index >= 15 is 0 Å². The Kier molecular flexibility index (Phi) is 5.33. The molecular weight excluding hydrogens is 280 g/mol. The fourth-order valence-corrected chi connectivity index (χ4v) is 2.13. The van der Waals surface area contributed by atoms with Crippen LogP contribution in [0.25, 0.3) is 6.08 Å². The number of carbonyl (C=O) groups is 1. The number of ether oxygens (including phenoxy) is 2. The van der Waals surface area contributed by atoms with Crippen LogP contribution in [0.3, 0.4) is 0 Å². The van der Waals surface area contributed by atoms with Crippen LogP contribution in [0.4, 0.5) is 0 Å². The van der Waals surface area contributed by atoms with Crippen molar-refractivity contribution in [3.05, 3.63) is 65.2 Å². The Balaban J connectivity index is 2.31. The molecule has 4 nitrogen and oxygen atoms in total. The topological polar surface area (TPSA) is 55.8 Å². The van der Waals surface area contributed by atoms with Gasteiger partial charge in [0.1, 0.15) is 17.1 Å². The van der Waals surface area contributed by atoms with Gasteiger partial charge in [0.25, 0.3) is 0 Å². The first kappa shape index (κ1) is 15.8. The van der Waals surface area contributed by atoms with Crippen LogP contribution in [-0.4, -0.2) is 25.1 Å². The van der Waals surface area contributed by atoms with E-state index in [9.17, 15) is 9.90 Å². The summed E-state index contributed by atoms with van der Waals surface area (Å²) in [6.07, 6.45) is 3.12. The molecule has 0 aliphatic carbocycles. The molecule has 0 aromatic heterocycles. The molecule has 0 saturated heterocycles. The summed E-state index contributed by atoms with van der Waals surface area (Å²) in [5.74, 6) is -0.106. The lowest BCUT2D eigenvalue weighted by atomic mass is 10.0. The summed E-state index contributed by atoms with van der Waals surface area (Å²) in [6.45, 7) is 0.332. The van der Waals surface area contributed by atoms with E-state index in [-0.39, 0.29) is 17.1 Å². The molecule has 0 unspecified atom stereocenters. The van der Waals surface area contributed by atoms with E-state index in [1.807, 2.05) is 30.3 Å². The van der Waals surface area contributed by atoms with Gasteiger partial charge in [0.05, 0.1) is 13.7 Å². The quantitative estimate of drug-likeness (QED) is 0.655. The number of phenols is 1. The first-order valence-corrected chi connectivity index (χ1v) is 6.82. The predicted octanol–water partition coefficient (Wildman–Crippen LogP) is 3.44. The van der Waals surface area contributed by atoms with Crippen molar-refractivity contribution in [3.63, 3.8) is 0 Å². The molecule has 22 heavy (non-hydrogen) atoms. The van der Waals surface area contributed by atoms with Gasteiger partial charge in [0.2, 0.25) is 0 Å². The Labute approximate surface area is 129 Å². The standard InChI is InChI=1S/C18H18O4/c1-21-12-14-10-16(20)18(17(11-14)22-2)15(19)9-8-13-6-4-3-5-7-13/h3-11,20H,12H2,1-2H3. The number of hydrogen-bond donors (Lipinski definition) is 1. The van der Waals surface area contributed by atoms with Gasteiger partial charge in [0, 0.05) is 7.11 Å². The largest absolute Gasteiger partial charge is 0.507 e. The normalized spacial score (nSPS) is 10.8. The highest BCUT2D eigenvalue weighted by Gasteiger charge is 2.16. The third-order valence-corrected chi connectivity index (χ3v) is 3.15. The van der Waals surface area contributed by atoms with Crippen molar-refractivity contribution in [1.29, 1.82) is 0 Å². The SMILES string of the molecule is COCc1cc(O)c(C(=O)C=Cc2ccccc2)c(OC)c1. The van der Waals surface area contributed by atoms with E-state index < -0.39 is 0 Å². The highest BCUT2D eigenvalue weighted by Crippen LogP contribution is 2.31. The van der Waals surface area contributed by atoms with E-state index in [0.29, 0.717) is 12.4 Å². The van der Waals surface area contributed by atoms with E-state index in [4.69, 9.17) is 9.47 Å². The summed E-state index contributed by atoms with van der Waals surface area (Å²) in [5.41, 5.74) is 1.79. The smallest absolute Gasteiger partial charge is 0.193 e. The first-order valence-electron chi connectivity index (χ1n) is 6.82. The second-order valence-electron chi connectivity index (χ2n) is 4.73. The number of rotatable bonds is 6. The maximum atomic E-state index is 12.3. The number of ketones is 1. The zero-order chi connectivity index (χ0) is 15.9. The van der Waals surface area contributed by atoms with E-state index in [1.165, 1.54) is 19.3 Å². The van der Waals surface area contributed by atoms with Gasteiger partial charge >= 0.3 is 0 Å². The van der Waals surface area contributed by atoms with Crippen molar-refractivity contribution in [2.75, 3.05) is 14.2 Å². The molecule has 114 valence electrons. The Morgan fingerprint density at radius 2 is 1.91 bits per heavy atom. The maximum absolute atomic E-state index is 12.3. The molecule has 0 saturated carbocycles. The number of phenolic OH excluding ortho intramolecular Hbond substituents is 1. The maximum Gasteiger partial charge on any atom is 0.193 e. The molecule has 0 spiro atoms. The minimum Gasteiger partial charge on any atom is -0.507 e. The van der Waals surface area contributed by atoms with Crippen molar-refractivity contribution in [3.8, 4) is 11.5 Å². The fourth-order valence-electron chi connectivity index (χ4n) is 2.13. The lowest BCUT2D eigenvalue weighted by Crippen LogP contribution is -2.01. The van der Waals surface area contributed by atoms with Crippen LogP contribution < -0.4 is 4.74 Å². The Morgan fingerprint density at radius 1 is 1.18 bits per heavy atom. The zero-order valence-corrected chi connectivity index (χ0v) is 12.6. The highest BCUT2D eigenvalue weighted by atomic mass is 16.5. The Bertz CT molecular complexity index is 675. The molecule has 2 rings (SSSR count). The molecule has 0 amide bonds. The molecule has 4 heteroatoms. The van der Waals surface area contributed by atoms with Gasteiger partial charge in [0.15, 0.2) is 5.78 Å². The predicted molar refractivity (Wildman–Crippen MR) is 85.2 cm³/mol. The number of carbonyl (C=O) groups excluding carboxylic acids is 1. The molecule has 0 atom stereocenters. The van der Waals surface area contributed by atoms with Crippen LogP contribution in [0, 0.1) is 0 Å². The van der Waals surface area contributed by atoms with Crippen molar-refractivity contribution < 1.29 is 19.4 Å². The summed E-state index contributed by atoms with van der Waals surface area (Å²) >= 11 is 0. The fraction of sp³-hybridized carbons (Fsp3) is 0.167. The summed E-state index contributed by atoms with van der Waals surface area (Å²) in [5, 5.41) is 10.1. The van der Waals surface area contributed by atoms with Gasteiger partial charge in [-0.1, -0.05) is 36.4 Å². The van der Waals surface area contributed by atoms with Crippen LogP contribution in [0.2, 0.25) is 0 Å². The molecule has 0 bridgehead atoms.